The molecule has 36 heavy (non-hydrogen) atoms. The molecule has 0 aliphatic heterocycles. The van der Waals surface area contributed by atoms with Crippen molar-refractivity contribution in [1.29, 1.82) is 0 Å². The minimum atomic E-state index is -2.95. The number of hydrogen-bond donors (Lipinski definition) is 2. The average molecular weight is 507 g/mol. The molecule has 1 aromatic heterocycles. The van der Waals surface area contributed by atoms with E-state index in [0.29, 0.717) is 19.6 Å². The van der Waals surface area contributed by atoms with Crippen molar-refractivity contribution in [2.24, 2.45) is 11.8 Å². The highest BCUT2D eigenvalue weighted by Crippen LogP contribution is 2.61. The van der Waals surface area contributed by atoms with Crippen molar-refractivity contribution >= 4 is 21.6 Å². The van der Waals surface area contributed by atoms with Gasteiger partial charge in [-0.1, -0.05) is 24.3 Å². The average Bonchev–Trinajstić information content (AvgIpc) is 3.43. The van der Waals surface area contributed by atoms with Crippen LogP contribution in [0, 0.1) is 18.8 Å². The van der Waals surface area contributed by atoms with E-state index < -0.39 is 15.8 Å². The number of pyridine rings is 1. The summed E-state index contributed by atoms with van der Waals surface area (Å²) in [7, 11) is -2.95. The number of carboxylic acid groups (broad SMARTS) is 1. The molecule has 3 atom stereocenters. The molecule has 2 aliphatic carbocycles. The molecule has 1 heterocycles. The lowest BCUT2D eigenvalue weighted by molar-refractivity contribution is -0.139. The van der Waals surface area contributed by atoms with Crippen molar-refractivity contribution in [3.05, 3.63) is 77.0 Å². The van der Waals surface area contributed by atoms with E-state index in [2.05, 4.69) is 22.4 Å². The van der Waals surface area contributed by atoms with E-state index in [1.54, 1.807) is 0 Å². The largest absolute Gasteiger partial charge is 0.489 e. The monoisotopic (exact) mass is 506 g/mol. The number of sulfone groups is 1. The van der Waals surface area contributed by atoms with Gasteiger partial charge in [0.1, 0.15) is 28.0 Å². The summed E-state index contributed by atoms with van der Waals surface area (Å²) >= 11 is 0. The summed E-state index contributed by atoms with van der Waals surface area (Å²) in [6.45, 7) is 2.95. The van der Waals surface area contributed by atoms with Crippen molar-refractivity contribution in [3.63, 3.8) is 0 Å². The van der Waals surface area contributed by atoms with Gasteiger partial charge >= 0.3 is 5.97 Å². The Hall–Kier alpha value is -3.39. The van der Waals surface area contributed by atoms with Gasteiger partial charge in [0, 0.05) is 30.0 Å². The maximum Gasteiger partial charge on any atom is 0.307 e. The number of aliphatic carboxylic acids is 1. The number of carboxylic acids is 1. The second-order valence-electron chi connectivity index (χ2n) is 9.85. The lowest BCUT2D eigenvalue weighted by Gasteiger charge is -2.12. The molecule has 5 rings (SSSR count). The Labute approximate surface area is 211 Å². The predicted molar refractivity (Wildman–Crippen MR) is 139 cm³/mol. The second kappa shape index (κ2) is 9.58. The predicted octanol–water partition coefficient (Wildman–Crippen LogP) is 4.45. The van der Waals surface area contributed by atoms with Crippen LogP contribution in [0.5, 0.6) is 5.75 Å². The van der Waals surface area contributed by atoms with Crippen LogP contribution in [0.3, 0.4) is 0 Å². The van der Waals surface area contributed by atoms with Crippen LogP contribution in [0.4, 0.5) is 5.82 Å². The first-order valence-corrected chi connectivity index (χ1v) is 14.2. The molecule has 2 N–H and O–H groups in total. The second-order valence-corrected chi connectivity index (χ2v) is 12.1. The molecule has 188 valence electrons. The fourth-order valence-electron chi connectivity index (χ4n) is 5.33. The lowest BCUT2D eigenvalue weighted by Crippen LogP contribution is -2.10. The number of anilines is 1. The summed E-state index contributed by atoms with van der Waals surface area (Å²) in [6, 6.07) is 18.2. The van der Waals surface area contributed by atoms with Crippen molar-refractivity contribution < 1.29 is 23.1 Å². The highest BCUT2D eigenvalue weighted by Gasteiger charge is 2.59. The van der Waals surface area contributed by atoms with Crippen LogP contribution >= 0.6 is 0 Å². The van der Waals surface area contributed by atoms with E-state index in [1.165, 1.54) is 11.8 Å². The number of hydrogen-bond acceptors (Lipinski definition) is 6. The molecule has 0 bridgehead atoms. The maximum atomic E-state index is 11.3. The Balaban J connectivity index is 1.20. The number of aromatic nitrogens is 1. The zero-order chi connectivity index (χ0) is 25.4. The van der Waals surface area contributed by atoms with Gasteiger partial charge in [0.05, 0.1) is 11.7 Å². The van der Waals surface area contributed by atoms with Gasteiger partial charge in [-0.05, 0) is 78.3 Å². The van der Waals surface area contributed by atoms with Crippen LogP contribution in [-0.2, 0) is 27.7 Å². The summed E-state index contributed by atoms with van der Waals surface area (Å²) < 4.78 is 28.6. The number of benzene rings is 2. The number of carbonyl (C=O) groups is 1. The van der Waals surface area contributed by atoms with E-state index in [1.807, 2.05) is 49.4 Å². The number of nitrogens with zero attached hydrogens (tertiary/aromatic N) is 1. The summed E-state index contributed by atoms with van der Waals surface area (Å²) in [4.78, 5) is 15.9. The van der Waals surface area contributed by atoms with E-state index >= 15 is 0 Å². The Bertz CT molecular complexity index is 1420. The van der Waals surface area contributed by atoms with Gasteiger partial charge in [-0.25, -0.2) is 13.4 Å². The molecular formula is C28H30N2O5S. The van der Waals surface area contributed by atoms with E-state index in [9.17, 15) is 18.3 Å². The van der Waals surface area contributed by atoms with Crippen molar-refractivity contribution in [1.82, 2.24) is 4.98 Å². The molecule has 1 saturated carbocycles. The molecule has 3 aromatic rings. The normalized spacial score (nSPS) is 19.9. The molecular weight excluding hydrogens is 476 g/mol. The van der Waals surface area contributed by atoms with E-state index in [-0.39, 0.29) is 23.5 Å². The first-order chi connectivity index (χ1) is 17.2. The van der Waals surface area contributed by atoms with Crippen LogP contribution in [0.2, 0.25) is 0 Å². The van der Waals surface area contributed by atoms with Gasteiger partial charge in [0.25, 0.3) is 0 Å². The zero-order valence-corrected chi connectivity index (χ0v) is 21.2. The van der Waals surface area contributed by atoms with Crippen molar-refractivity contribution in [2.75, 3.05) is 23.9 Å². The Morgan fingerprint density at radius 1 is 1.17 bits per heavy atom. The Morgan fingerprint density at radius 3 is 2.75 bits per heavy atom. The van der Waals surface area contributed by atoms with Crippen LogP contribution < -0.4 is 10.1 Å². The first kappa shape index (κ1) is 24.3. The highest BCUT2D eigenvalue weighted by molar-refractivity contribution is 7.90. The topological polar surface area (TPSA) is 106 Å². The third kappa shape index (κ3) is 5.23. The minimum absolute atomic E-state index is 0.156. The maximum absolute atomic E-state index is 11.3. The Kier molecular flexibility index (Phi) is 6.47. The molecule has 0 unspecified atom stereocenters. The van der Waals surface area contributed by atoms with E-state index in [0.717, 1.165) is 45.9 Å². The number of fused-ring (bicyclic) bond motifs is 3. The van der Waals surface area contributed by atoms with Crippen LogP contribution in [0.1, 0.15) is 34.7 Å². The number of ether oxygens (including phenoxy) is 1. The highest BCUT2D eigenvalue weighted by atomic mass is 32.2. The van der Waals surface area contributed by atoms with Crippen LogP contribution in [0.25, 0.3) is 11.1 Å². The molecule has 8 heteroatoms. The Morgan fingerprint density at radius 2 is 2.00 bits per heavy atom. The smallest absolute Gasteiger partial charge is 0.307 e. The van der Waals surface area contributed by atoms with Gasteiger partial charge < -0.3 is 15.2 Å². The van der Waals surface area contributed by atoms with Gasteiger partial charge in [-0.15, -0.1) is 0 Å². The lowest BCUT2D eigenvalue weighted by atomic mass is 10.0. The standard InChI is InChI=1S/C28H30N2O5S/c1-17-22(9-10-25(30-17)29-11-4-12-36(2,33)34)19-6-3-5-18(13-19)16-35-21-7-8-23-20(14-21)15-24-26(23)27(24)28(31)32/h3,5-10,13-14,24,26-27H,4,11-12,15-16H2,1-2H3,(H,29,30)(H,31,32)/t24-,26+,27+/m1/s1. The molecule has 0 amide bonds. The summed E-state index contributed by atoms with van der Waals surface area (Å²) in [5, 5.41) is 12.5. The van der Waals surface area contributed by atoms with Crippen molar-refractivity contribution in [2.45, 2.75) is 32.3 Å². The first-order valence-electron chi connectivity index (χ1n) is 12.2. The van der Waals surface area contributed by atoms with E-state index in [4.69, 9.17) is 4.74 Å². The summed E-state index contributed by atoms with van der Waals surface area (Å²) in [6.07, 6.45) is 2.60. The fraction of sp³-hybridized carbons (Fsp3) is 0.357. The molecule has 0 radical (unpaired) electrons. The van der Waals surface area contributed by atoms with Crippen LogP contribution in [0.15, 0.2) is 54.6 Å². The third-order valence-electron chi connectivity index (χ3n) is 7.11. The van der Waals surface area contributed by atoms with Gasteiger partial charge in [0.2, 0.25) is 0 Å². The minimum Gasteiger partial charge on any atom is -0.489 e. The quantitative estimate of drug-likeness (QED) is 0.391. The number of aryl methyl sites for hydroxylation is 1. The van der Waals surface area contributed by atoms with Crippen LogP contribution in [-0.4, -0.2) is 43.0 Å². The molecule has 0 spiro atoms. The third-order valence-corrected chi connectivity index (χ3v) is 8.14. The molecule has 2 aromatic carbocycles. The summed E-state index contributed by atoms with van der Waals surface area (Å²) in [5.41, 5.74) is 6.39. The molecule has 7 nitrogen and oxygen atoms in total. The number of rotatable bonds is 10. The SMILES string of the molecule is Cc1nc(NCCCS(C)(=O)=O)ccc1-c1cccc(COc2ccc3c(c2)C[C@H]2[C@H](C(=O)O)[C@@H]32)c1. The summed E-state index contributed by atoms with van der Waals surface area (Å²) in [5.74, 6) is 1.21. The zero-order valence-electron chi connectivity index (χ0n) is 20.4. The van der Waals surface area contributed by atoms with Gasteiger partial charge in [0.15, 0.2) is 0 Å². The number of nitrogens with one attached hydrogen (secondary N) is 1. The fourth-order valence-corrected chi connectivity index (χ4v) is 6.00. The van der Waals surface area contributed by atoms with Gasteiger partial charge in [-0.3, -0.25) is 4.79 Å². The van der Waals surface area contributed by atoms with Crippen molar-refractivity contribution in [3.8, 4) is 16.9 Å². The molecule has 1 fully saturated rings. The van der Waals surface area contributed by atoms with Gasteiger partial charge in [-0.2, -0.15) is 0 Å². The molecule has 0 saturated heterocycles. The molecule has 2 aliphatic rings.